The van der Waals surface area contributed by atoms with E-state index in [1.165, 1.54) is 0 Å². The highest BCUT2D eigenvalue weighted by atomic mass is 79.9. The lowest BCUT2D eigenvalue weighted by atomic mass is 10.1. The van der Waals surface area contributed by atoms with Crippen molar-refractivity contribution < 1.29 is 9.63 Å². The number of nitrogens with zero attached hydrogens (tertiary/aromatic N) is 2. The molecule has 0 saturated heterocycles. The Hall–Kier alpha value is -1.36. The van der Waals surface area contributed by atoms with Gasteiger partial charge < -0.3 is 9.63 Å². The maximum Gasteiger partial charge on any atom is 0.293 e. The molecule has 5 heteroatoms. The Labute approximate surface area is 88.7 Å². The summed E-state index contributed by atoms with van der Waals surface area (Å²) < 4.78 is 4.77. The number of hydrogen-bond donors (Lipinski definition) is 1. The lowest BCUT2D eigenvalue weighted by molar-refractivity contribution is 0.391. The maximum atomic E-state index is 9.07. The topological polar surface area (TPSA) is 59.2 Å². The minimum absolute atomic E-state index is 0.253. The van der Waals surface area contributed by atoms with Gasteiger partial charge >= 0.3 is 0 Å². The largest absolute Gasteiger partial charge is 0.508 e. The molecule has 0 saturated carbocycles. The van der Waals surface area contributed by atoms with E-state index in [1.54, 1.807) is 12.1 Å². The second-order valence-corrected chi connectivity index (χ2v) is 3.49. The van der Waals surface area contributed by atoms with Gasteiger partial charge in [-0.3, -0.25) is 0 Å². The van der Waals surface area contributed by atoms with E-state index in [1.807, 2.05) is 12.1 Å². The van der Waals surface area contributed by atoms with E-state index in [2.05, 4.69) is 26.1 Å². The second-order valence-electron chi connectivity index (χ2n) is 2.81. The quantitative estimate of drug-likeness (QED) is 0.892. The van der Waals surface area contributed by atoms with E-state index < -0.39 is 0 Å². The van der Waals surface area contributed by atoms with E-state index in [9.17, 15) is 0 Å². The molecule has 0 aliphatic rings. The Morgan fingerprint density at radius 2 is 2.00 bits per heavy atom. The van der Waals surface area contributed by atoms with Crippen molar-refractivity contribution in [3.8, 4) is 5.75 Å². The SMILES string of the molecule is Oc1ccc(Cc2noc(Br)n2)cc1. The molecule has 14 heavy (non-hydrogen) atoms. The number of rotatable bonds is 2. The van der Waals surface area contributed by atoms with Gasteiger partial charge in [0.1, 0.15) is 5.75 Å². The smallest absolute Gasteiger partial charge is 0.293 e. The van der Waals surface area contributed by atoms with Crippen molar-refractivity contribution in [3.05, 3.63) is 40.5 Å². The van der Waals surface area contributed by atoms with Gasteiger partial charge in [-0.1, -0.05) is 17.3 Å². The fourth-order valence-corrected chi connectivity index (χ4v) is 1.38. The number of phenols is 1. The summed E-state index contributed by atoms with van der Waals surface area (Å²) in [6.07, 6.45) is 0.593. The number of phenolic OH excluding ortho intramolecular Hbond substituents is 1. The van der Waals surface area contributed by atoms with Gasteiger partial charge in [-0.2, -0.15) is 4.98 Å². The zero-order chi connectivity index (χ0) is 9.97. The van der Waals surface area contributed by atoms with Crippen molar-refractivity contribution in [3.63, 3.8) is 0 Å². The number of aromatic hydroxyl groups is 1. The Bertz CT molecular complexity index is 425. The molecule has 0 aliphatic heterocycles. The molecule has 0 spiro atoms. The van der Waals surface area contributed by atoms with Crippen LogP contribution in [0.25, 0.3) is 0 Å². The summed E-state index contributed by atoms with van der Waals surface area (Å²) in [7, 11) is 0. The second kappa shape index (κ2) is 3.79. The predicted molar refractivity (Wildman–Crippen MR) is 52.9 cm³/mol. The van der Waals surface area contributed by atoms with Crippen molar-refractivity contribution in [2.75, 3.05) is 0 Å². The Kier molecular flexibility index (Phi) is 2.49. The molecule has 0 aliphatic carbocycles. The molecule has 0 radical (unpaired) electrons. The summed E-state index contributed by atoms with van der Waals surface area (Å²) in [6.45, 7) is 0. The van der Waals surface area contributed by atoms with Gasteiger partial charge in [-0.25, -0.2) is 0 Å². The van der Waals surface area contributed by atoms with E-state index in [4.69, 9.17) is 9.63 Å². The highest BCUT2D eigenvalue weighted by Gasteiger charge is 2.03. The number of halogens is 1. The predicted octanol–water partition coefficient (Wildman–Crippen LogP) is 2.13. The summed E-state index contributed by atoms with van der Waals surface area (Å²) in [5.74, 6) is 0.866. The zero-order valence-electron chi connectivity index (χ0n) is 7.14. The molecular formula is C9H7BrN2O2. The Morgan fingerprint density at radius 1 is 1.29 bits per heavy atom. The average Bonchev–Trinajstić information content (AvgIpc) is 2.56. The normalized spacial score (nSPS) is 10.4. The summed E-state index contributed by atoms with van der Waals surface area (Å²) >= 11 is 3.08. The summed E-state index contributed by atoms with van der Waals surface area (Å²) in [6, 6.07) is 6.90. The lowest BCUT2D eigenvalue weighted by Crippen LogP contribution is -1.89. The van der Waals surface area contributed by atoms with Crippen molar-refractivity contribution in [1.29, 1.82) is 0 Å². The van der Waals surface area contributed by atoms with Crippen LogP contribution in [0, 0.1) is 0 Å². The third-order valence-corrected chi connectivity index (χ3v) is 2.06. The standard InChI is InChI=1S/C9H7BrN2O2/c10-9-11-8(12-14-9)5-6-1-3-7(13)4-2-6/h1-4,13H,5H2. The molecule has 1 heterocycles. The van der Waals surface area contributed by atoms with Gasteiger partial charge in [0, 0.05) is 22.4 Å². The van der Waals surface area contributed by atoms with Crippen LogP contribution in [-0.2, 0) is 6.42 Å². The van der Waals surface area contributed by atoms with Crippen molar-refractivity contribution in [1.82, 2.24) is 10.1 Å². The zero-order valence-corrected chi connectivity index (χ0v) is 8.73. The van der Waals surface area contributed by atoms with Crippen LogP contribution in [0.5, 0.6) is 5.75 Å². The van der Waals surface area contributed by atoms with E-state index in [0.29, 0.717) is 17.0 Å². The third kappa shape index (κ3) is 2.11. The first-order chi connectivity index (χ1) is 6.74. The van der Waals surface area contributed by atoms with Gasteiger partial charge in [0.2, 0.25) is 0 Å². The van der Waals surface area contributed by atoms with Crippen molar-refractivity contribution >= 4 is 15.9 Å². The molecule has 2 aromatic rings. The first-order valence-corrected chi connectivity index (χ1v) is 4.79. The highest BCUT2D eigenvalue weighted by Crippen LogP contribution is 2.13. The molecule has 0 bridgehead atoms. The van der Waals surface area contributed by atoms with Crippen LogP contribution in [0.3, 0.4) is 0 Å². The minimum Gasteiger partial charge on any atom is -0.508 e. The van der Waals surface area contributed by atoms with Crippen LogP contribution in [-0.4, -0.2) is 15.2 Å². The molecule has 0 amide bonds. The lowest BCUT2D eigenvalue weighted by Gasteiger charge is -1.96. The Balaban J connectivity index is 2.15. The summed E-state index contributed by atoms with van der Waals surface area (Å²) in [5.41, 5.74) is 1.02. The van der Waals surface area contributed by atoms with E-state index in [-0.39, 0.29) is 5.75 Å². The molecule has 1 aromatic carbocycles. The molecule has 4 nitrogen and oxygen atoms in total. The van der Waals surface area contributed by atoms with E-state index in [0.717, 1.165) is 5.56 Å². The number of benzene rings is 1. The van der Waals surface area contributed by atoms with E-state index >= 15 is 0 Å². The molecule has 0 fully saturated rings. The molecular weight excluding hydrogens is 248 g/mol. The van der Waals surface area contributed by atoms with Crippen molar-refractivity contribution in [2.24, 2.45) is 0 Å². The van der Waals surface area contributed by atoms with Gasteiger partial charge in [-0.15, -0.1) is 0 Å². The molecule has 2 rings (SSSR count). The van der Waals surface area contributed by atoms with Crippen LogP contribution >= 0.6 is 15.9 Å². The van der Waals surface area contributed by atoms with Gasteiger partial charge in [-0.05, 0) is 17.7 Å². The summed E-state index contributed by atoms with van der Waals surface area (Å²) in [5, 5.41) is 12.8. The molecule has 1 N–H and O–H groups in total. The fourth-order valence-electron chi connectivity index (χ4n) is 1.10. The molecule has 72 valence electrons. The first-order valence-electron chi connectivity index (χ1n) is 4.00. The monoisotopic (exact) mass is 254 g/mol. The van der Waals surface area contributed by atoms with Crippen LogP contribution in [0.1, 0.15) is 11.4 Å². The van der Waals surface area contributed by atoms with Gasteiger partial charge in [0.05, 0.1) is 0 Å². The summed E-state index contributed by atoms with van der Waals surface area (Å²) in [4.78, 5) is 4.39. The third-order valence-electron chi connectivity index (χ3n) is 1.74. The molecule has 0 atom stereocenters. The number of aromatic nitrogens is 2. The molecule has 0 unspecified atom stereocenters. The van der Waals surface area contributed by atoms with Gasteiger partial charge in [0.25, 0.3) is 4.80 Å². The Morgan fingerprint density at radius 3 is 2.57 bits per heavy atom. The fraction of sp³-hybridized carbons (Fsp3) is 0.111. The molecule has 1 aromatic heterocycles. The van der Waals surface area contributed by atoms with Crippen molar-refractivity contribution in [2.45, 2.75) is 6.42 Å². The highest BCUT2D eigenvalue weighted by molar-refractivity contribution is 9.10. The van der Waals surface area contributed by atoms with Crippen LogP contribution < -0.4 is 0 Å². The van der Waals surface area contributed by atoms with Crippen LogP contribution in [0.4, 0.5) is 0 Å². The van der Waals surface area contributed by atoms with Crippen LogP contribution in [0.15, 0.2) is 33.6 Å². The van der Waals surface area contributed by atoms with Crippen LogP contribution in [0.2, 0.25) is 0 Å². The first kappa shape index (κ1) is 9.21. The maximum absolute atomic E-state index is 9.07. The minimum atomic E-state index is 0.253. The number of hydrogen-bond acceptors (Lipinski definition) is 4. The van der Waals surface area contributed by atoms with Gasteiger partial charge in [0.15, 0.2) is 5.82 Å². The average molecular weight is 255 g/mol.